The summed E-state index contributed by atoms with van der Waals surface area (Å²) < 4.78 is 0. The minimum Gasteiger partial charge on any atom is -0.313 e. The van der Waals surface area contributed by atoms with E-state index in [1.54, 1.807) is 6.42 Å². The first-order chi connectivity index (χ1) is 4.45. The molecular formula is C8H13N. The lowest BCUT2D eigenvalue weighted by molar-refractivity contribution is 0.479. The third-order valence-corrected chi connectivity index (χ3v) is 3.18. The first-order valence-corrected chi connectivity index (χ1v) is 4.18. The topological polar surface area (TPSA) is 12.0 Å². The van der Waals surface area contributed by atoms with Crippen molar-refractivity contribution < 1.29 is 0 Å². The fraction of sp³-hybridized carbons (Fsp3) is 1.00. The van der Waals surface area contributed by atoms with Gasteiger partial charge in [0.15, 0.2) is 0 Å². The van der Waals surface area contributed by atoms with Crippen molar-refractivity contribution in [2.45, 2.75) is 25.3 Å². The molecule has 2 aliphatic carbocycles. The number of piperidine rings is 1. The summed E-state index contributed by atoms with van der Waals surface area (Å²) in [5, 5.41) is 3.62. The molecule has 1 N–H and O–H groups in total. The Morgan fingerprint density at radius 1 is 1.11 bits per heavy atom. The van der Waals surface area contributed by atoms with E-state index in [2.05, 4.69) is 5.32 Å². The van der Waals surface area contributed by atoms with Crippen LogP contribution in [0.1, 0.15) is 19.3 Å². The van der Waals surface area contributed by atoms with Gasteiger partial charge >= 0.3 is 0 Å². The van der Waals surface area contributed by atoms with E-state index in [0.717, 1.165) is 23.8 Å². The molecule has 1 heterocycles. The predicted octanol–water partition coefficient (Wildman–Crippen LogP) is 1.00. The molecule has 3 unspecified atom stereocenters. The lowest BCUT2D eigenvalue weighted by Crippen LogP contribution is -2.27. The molecule has 1 heteroatoms. The third-order valence-electron chi connectivity index (χ3n) is 3.18. The molecule has 2 saturated carbocycles. The van der Waals surface area contributed by atoms with Gasteiger partial charge in [0, 0.05) is 6.04 Å². The van der Waals surface area contributed by atoms with Gasteiger partial charge in [-0.1, -0.05) is 0 Å². The molecule has 3 atom stereocenters. The third kappa shape index (κ3) is 0.586. The smallest absolute Gasteiger partial charge is 0.0127 e. The molecule has 1 saturated heterocycles. The van der Waals surface area contributed by atoms with E-state index < -0.39 is 0 Å². The molecule has 0 amide bonds. The molecule has 9 heavy (non-hydrogen) atoms. The molecule has 0 aromatic heterocycles. The van der Waals surface area contributed by atoms with Crippen molar-refractivity contribution >= 4 is 0 Å². The van der Waals surface area contributed by atoms with Crippen molar-refractivity contribution in [2.24, 2.45) is 17.8 Å². The molecule has 0 aromatic rings. The molecule has 0 aromatic carbocycles. The number of fused-ring (bicyclic) bond motifs is 1. The van der Waals surface area contributed by atoms with Gasteiger partial charge in [-0.3, -0.25) is 0 Å². The monoisotopic (exact) mass is 123 g/mol. The molecule has 1 nitrogen and oxygen atoms in total. The van der Waals surface area contributed by atoms with E-state index in [1.807, 2.05) is 0 Å². The van der Waals surface area contributed by atoms with Gasteiger partial charge < -0.3 is 5.32 Å². The van der Waals surface area contributed by atoms with Crippen molar-refractivity contribution in [3.63, 3.8) is 0 Å². The van der Waals surface area contributed by atoms with Crippen molar-refractivity contribution in [1.82, 2.24) is 5.32 Å². The van der Waals surface area contributed by atoms with Crippen LogP contribution < -0.4 is 5.32 Å². The van der Waals surface area contributed by atoms with Gasteiger partial charge in [-0.05, 0) is 43.6 Å². The fourth-order valence-electron chi connectivity index (χ4n) is 2.36. The Bertz CT molecular complexity index is 140. The lowest BCUT2D eigenvalue weighted by atomic mass is 10.1. The molecule has 0 spiro atoms. The molecule has 1 aliphatic heterocycles. The highest BCUT2D eigenvalue weighted by Gasteiger charge is 2.52. The maximum Gasteiger partial charge on any atom is 0.0127 e. The zero-order chi connectivity index (χ0) is 5.84. The molecule has 3 fully saturated rings. The zero-order valence-corrected chi connectivity index (χ0v) is 5.64. The molecule has 50 valence electrons. The number of hydrogen-bond donors (Lipinski definition) is 1. The zero-order valence-electron chi connectivity index (χ0n) is 5.64. The second kappa shape index (κ2) is 1.34. The summed E-state index contributed by atoms with van der Waals surface area (Å²) >= 11 is 0. The highest BCUT2D eigenvalue weighted by atomic mass is 15.0. The minimum absolute atomic E-state index is 0.968. The van der Waals surface area contributed by atoms with E-state index >= 15 is 0 Å². The van der Waals surface area contributed by atoms with Gasteiger partial charge in [0.05, 0.1) is 0 Å². The van der Waals surface area contributed by atoms with Crippen molar-refractivity contribution in [3.05, 3.63) is 0 Å². The van der Waals surface area contributed by atoms with E-state index in [4.69, 9.17) is 0 Å². The van der Waals surface area contributed by atoms with Gasteiger partial charge in [-0.25, -0.2) is 0 Å². The van der Waals surface area contributed by atoms with E-state index in [9.17, 15) is 0 Å². The summed E-state index contributed by atoms with van der Waals surface area (Å²) in [7, 11) is 0. The maximum atomic E-state index is 3.62. The van der Waals surface area contributed by atoms with Gasteiger partial charge in [-0.15, -0.1) is 0 Å². The molecule has 0 bridgehead atoms. The fourth-order valence-corrected chi connectivity index (χ4v) is 2.36. The van der Waals surface area contributed by atoms with Crippen LogP contribution in [0.25, 0.3) is 0 Å². The van der Waals surface area contributed by atoms with E-state index in [0.29, 0.717) is 0 Å². The van der Waals surface area contributed by atoms with Crippen LogP contribution in [-0.2, 0) is 0 Å². The molecule has 3 aliphatic rings. The van der Waals surface area contributed by atoms with Crippen LogP contribution in [0.15, 0.2) is 0 Å². The summed E-state index contributed by atoms with van der Waals surface area (Å²) in [5.41, 5.74) is 0. The van der Waals surface area contributed by atoms with E-state index in [1.165, 1.54) is 19.4 Å². The Morgan fingerprint density at radius 3 is 2.44 bits per heavy atom. The normalized spacial score (nSPS) is 55.3. The van der Waals surface area contributed by atoms with Crippen LogP contribution in [0.2, 0.25) is 0 Å². The molecular weight excluding hydrogens is 110 g/mol. The first kappa shape index (κ1) is 4.73. The van der Waals surface area contributed by atoms with Crippen LogP contribution >= 0.6 is 0 Å². The largest absolute Gasteiger partial charge is 0.313 e. The summed E-state index contributed by atoms with van der Waals surface area (Å²) in [6.07, 6.45) is 4.58. The highest BCUT2D eigenvalue weighted by molar-refractivity contribution is 5.07. The Morgan fingerprint density at radius 2 is 2.00 bits per heavy atom. The Kier molecular flexibility index (Phi) is 0.704. The minimum atomic E-state index is 0.968. The average molecular weight is 123 g/mol. The second-order valence-corrected chi connectivity index (χ2v) is 3.93. The summed E-state index contributed by atoms with van der Waals surface area (Å²) in [4.78, 5) is 0. The Hall–Kier alpha value is -0.0400. The SMILES string of the molecule is C1NC(C2CC2)C2CC12. The van der Waals surface area contributed by atoms with Gasteiger partial charge in [-0.2, -0.15) is 0 Å². The standard InChI is InChI=1S/C8H13N/c1-2-5(1)8-7-3-6(7)4-9-8/h5-9H,1-4H2. The molecule has 0 radical (unpaired) electrons. The summed E-state index contributed by atoms with van der Waals surface area (Å²) in [6, 6.07) is 0.968. The maximum absolute atomic E-state index is 3.62. The van der Waals surface area contributed by atoms with Gasteiger partial charge in [0.2, 0.25) is 0 Å². The van der Waals surface area contributed by atoms with Crippen LogP contribution in [0.5, 0.6) is 0 Å². The van der Waals surface area contributed by atoms with Crippen LogP contribution in [-0.4, -0.2) is 12.6 Å². The predicted molar refractivity (Wildman–Crippen MR) is 36.1 cm³/mol. The van der Waals surface area contributed by atoms with Crippen molar-refractivity contribution in [2.75, 3.05) is 6.54 Å². The average Bonchev–Trinajstić information content (AvgIpc) is 2.74. The van der Waals surface area contributed by atoms with Crippen LogP contribution in [0, 0.1) is 17.8 Å². The number of rotatable bonds is 1. The second-order valence-electron chi connectivity index (χ2n) is 3.93. The van der Waals surface area contributed by atoms with Gasteiger partial charge in [0.25, 0.3) is 0 Å². The van der Waals surface area contributed by atoms with Crippen LogP contribution in [0.3, 0.4) is 0 Å². The quantitative estimate of drug-likeness (QED) is 0.548. The van der Waals surface area contributed by atoms with Gasteiger partial charge in [0.1, 0.15) is 0 Å². The first-order valence-electron chi connectivity index (χ1n) is 4.18. The van der Waals surface area contributed by atoms with E-state index in [-0.39, 0.29) is 0 Å². The lowest BCUT2D eigenvalue weighted by Gasteiger charge is -2.09. The summed E-state index contributed by atoms with van der Waals surface area (Å²) in [6.45, 7) is 1.34. The highest BCUT2D eigenvalue weighted by Crippen LogP contribution is 2.52. The van der Waals surface area contributed by atoms with Crippen molar-refractivity contribution in [3.8, 4) is 0 Å². The van der Waals surface area contributed by atoms with Crippen molar-refractivity contribution in [1.29, 1.82) is 0 Å². The summed E-state index contributed by atoms with van der Waals surface area (Å²) in [5.74, 6) is 3.33. The number of hydrogen-bond acceptors (Lipinski definition) is 1. The Balaban J connectivity index is 1.76. The van der Waals surface area contributed by atoms with Crippen LogP contribution in [0.4, 0.5) is 0 Å². The Labute approximate surface area is 55.8 Å². The molecule has 3 rings (SSSR count). The number of nitrogens with one attached hydrogen (secondary N) is 1.